The van der Waals surface area contributed by atoms with Crippen LogP contribution in [0.2, 0.25) is 0 Å². The molecule has 0 fully saturated rings. The van der Waals surface area contributed by atoms with Gasteiger partial charge in [0, 0.05) is 18.0 Å². The molecule has 5 nitrogen and oxygen atoms in total. The van der Waals surface area contributed by atoms with Gasteiger partial charge in [0.2, 0.25) is 0 Å². The van der Waals surface area contributed by atoms with Crippen LogP contribution in [0.4, 0.5) is 0 Å². The summed E-state index contributed by atoms with van der Waals surface area (Å²) in [6.07, 6.45) is 0.849. The van der Waals surface area contributed by atoms with Crippen molar-refractivity contribution >= 4 is 33.2 Å². The van der Waals surface area contributed by atoms with E-state index >= 15 is 0 Å². The van der Waals surface area contributed by atoms with E-state index in [2.05, 4.69) is 28.0 Å². The van der Waals surface area contributed by atoms with Crippen LogP contribution in [0.3, 0.4) is 0 Å². The third-order valence-corrected chi connectivity index (χ3v) is 4.67. The number of aromatic nitrogens is 2. The number of carboxylic acid groups (broad SMARTS) is 1. The van der Waals surface area contributed by atoms with Crippen molar-refractivity contribution in [1.29, 1.82) is 0 Å². The Morgan fingerprint density at radius 1 is 1.55 bits per heavy atom. The molecule has 0 saturated carbocycles. The fraction of sp³-hybridized carbons (Fsp3) is 0.385. The van der Waals surface area contributed by atoms with Gasteiger partial charge in [-0.2, -0.15) is 5.10 Å². The van der Waals surface area contributed by atoms with E-state index in [1.54, 1.807) is 5.38 Å². The van der Waals surface area contributed by atoms with Gasteiger partial charge in [0.05, 0.1) is 15.9 Å². The Hall–Kier alpha value is -1.34. The van der Waals surface area contributed by atoms with Crippen LogP contribution in [-0.2, 0) is 19.6 Å². The molecular weight excluding hydrogens is 344 g/mol. The molecule has 0 radical (unpaired) electrons. The molecule has 2 rings (SSSR count). The zero-order chi connectivity index (χ0) is 14.7. The van der Waals surface area contributed by atoms with Gasteiger partial charge in [-0.25, -0.2) is 4.79 Å². The van der Waals surface area contributed by atoms with E-state index in [1.165, 1.54) is 6.07 Å². The summed E-state index contributed by atoms with van der Waals surface area (Å²) in [6.45, 7) is 5.20. The van der Waals surface area contributed by atoms with Crippen molar-refractivity contribution in [3.8, 4) is 5.75 Å². The second-order valence-corrected chi connectivity index (χ2v) is 5.82. The number of thiophene rings is 1. The zero-order valence-corrected chi connectivity index (χ0v) is 13.6. The zero-order valence-electron chi connectivity index (χ0n) is 11.2. The standard InChI is InChI=1S/C13H15BrN2O3S/c1-3-9-12(14)10(16(4-2)15-9)6-19-8-5-11(13(17)18)20-7-8/h5,7H,3-4,6H2,1-2H3,(H,17,18). The summed E-state index contributed by atoms with van der Waals surface area (Å²) in [5, 5.41) is 15.1. The van der Waals surface area contributed by atoms with Gasteiger partial charge in [-0.1, -0.05) is 6.92 Å². The SMILES string of the molecule is CCc1nn(CC)c(COc2csc(C(=O)O)c2)c1Br. The van der Waals surface area contributed by atoms with Crippen LogP contribution >= 0.6 is 27.3 Å². The number of aryl methyl sites for hydroxylation is 2. The molecule has 0 aliphatic carbocycles. The molecule has 0 amide bonds. The van der Waals surface area contributed by atoms with Crippen LogP contribution in [0, 0.1) is 0 Å². The molecule has 1 N–H and O–H groups in total. The van der Waals surface area contributed by atoms with E-state index in [9.17, 15) is 4.79 Å². The van der Waals surface area contributed by atoms with E-state index in [0.717, 1.165) is 40.2 Å². The maximum atomic E-state index is 10.8. The minimum absolute atomic E-state index is 0.275. The van der Waals surface area contributed by atoms with E-state index < -0.39 is 5.97 Å². The summed E-state index contributed by atoms with van der Waals surface area (Å²) in [4.78, 5) is 11.1. The van der Waals surface area contributed by atoms with E-state index in [0.29, 0.717) is 12.4 Å². The number of carbonyl (C=O) groups is 1. The van der Waals surface area contributed by atoms with Crippen LogP contribution in [0.5, 0.6) is 5.75 Å². The van der Waals surface area contributed by atoms with Gasteiger partial charge in [0.25, 0.3) is 0 Å². The van der Waals surface area contributed by atoms with E-state index in [1.807, 2.05) is 11.6 Å². The number of nitrogens with zero attached hydrogens (tertiary/aromatic N) is 2. The molecule has 2 aromatic heterocycles. The van der Waals surface area contributed by atoms with Crippen molar-refractivity contribution < 1.29 is 14.6 Å². The molecule has 108 valence electrons. The van der Waals surface area contributed by atoms with Crippen molar-refractivity contribution in [2.75, 3.05) is 0 Å². The Morgan fingerprint density at radius 2 is 2.30 bits per heavy atom. The van der Waals surface area contributed by atoms with E-state index in [4.69, 9.17) is 9.84 Å². The topological polar surface area (TPSA) is 64.4 Å². The first-order valence-corrected chi connectivity index (χ1v) is 7.92. The molecule has 7 heteroatoms. The van der Waals surface area contributed by atoms with Crippen molar-refractivity contribution in [2.45, 2.75) is 33.4 Å². The lowest BCUT2D eigenvalue weighted by Crippen LogP contribution is -2.06. The van der Waals surface area contributed by atoms with Crippen molar-refractivity contribution in [1.82, 2.24) is 9.78 Å². The number of aromatic carboxylic acids is 1. The van der Waals surface area contributed by atoms with Crippen molar-refractivity contribution in [3.63, 3.8) is 0 Å². The summed E-state index contributed by atoms with van der Waals surface area (Å²) < 4.78 is 8.52. The molecule has 2 heterocycles. The molecule has 0 saturated heterocycles. The third-order valence-electron chi connectivity index (χ3n) is 2.86. The minimum atomic E-state index is -0.933. The van der Waals surface area contributed by atoms with Gasteiger partial charge < -0.3 is 9.84 Å². The number of carboxylic acids is 1. The number of hydrogen-bond acceptors (Lipinski definition) is 4. The molecule has 0 spiro atoms. The third kappa shape index (κ3) is 3.04. The lowest BCUT2D eigenvalue weighted by Gasteiger charge is -2.06. The van der Waals surface area contributed by atoms with Crippen LogP contribution in [0.1, 0.15) is 34.9 Å². The second kappa shape index (κ2) is 6.41. The number of ether oxygens (including phenoxy) is 1. The predicted octanol–water partition coefficient (Wildman–Crippen LogP) is 3.57. The van der Waals surface area contributed by atoms with Crippen LogP contribution in [-0.4, -0.2) is 20.9 Å². The quantitative estimate of drug-likeness (QED) is 0.857. The van der Waals surface area contributed by atoms with Crippen molar-refractivity contribution in [3.05, 3.63) is 32.2 Å². The lowest BCUT2D eigenvalue weighted by molar-refractivity contribution is 0.0702. The smallest absolute Gasteiger partial charge is 0.346 e. The first kappa shape index (κ1) is 15.1. The molecule has 0 unspecified atom stereocenters. The summed E-state index contributed by atoms with van der Waals surface area (Å²) >= 11 is 4.71. The summed E-state index contributed by atoms with van der Waals surface area (Å²) in [5.74, 6) is -0.362. The Balaban J connectivity index is 2.13. The summed E-state index contributed by atoms with van der Waals surface area (Å²) in [6, 6.07) is 1.54. The van der Waals surface area contributed by atoms with Gasteiger partial charge in [-0.15, -0.1) is 11.3 Å². The van der Waals surface area contributed by atoms with Gasteiger partial charge in [0.15, 0.2) is 0 Å². The first-order chi connectivity index (χ1) is 9.56. The Bertz CT molecular complexity index is 621. The number of halogens is 1. The van der Waals surface area contributed by atoms with Gasteiger partial charge >= 0.3 is 5.97 Å². The molecule has 0 atom stereocenters. The fourth-order valence-electron chi connectivity index (χ4n) is 1.81. The summed E-state index contributed by atoms with van der Waals surface area (Å²) in [5.41, 5.74) is 1.97. The highest BCUT2D eigenvalue weighted by molar-refractivity contribution is 9.10. The molecule has 0 aliphatic rings. The molecule has 2 aromatic rings. The average molecular weight is 359 g/mol. The number of rotatable bonds is 6. The van der Waals surface area contributed by atoms with E-state index in [-0.39, 0.29) is 4.88 Å². The van der Waals surface area contributed by atoms with Crippen LogP contribution in [0.15, 0.2) is 15.9 Å². The Labute approximate surface area is 129 Å². The van der Waals surface area contributed by atoms with Gasteiger partial charge in [-0.05, 0) is 29.3 Å². The van der Waals surface area contributed by atoms with Gasteiger partial charge in [-0.3, -0.25) is 4.68 Å². The summed E-state index contributed by atoms with van der Waals surface area (Å²) in [7, 11) is 0. The minimum Gasteiger partial charge on any atom is -0.486 e. The number of hydrogen-bond donors (Lipinski definition) is 1. The highest BCUT2D eigenvalue weighted by Crippen LogP contribution is 2.26. The first-order valence-electron chi connectivity index (χ1n) is 6.25. The average Bonchev–Trinajstić information content (AvgIpc) is 3.01. The largest absolute Gasteiger partial charge is 0.486 e. The lowest BCUT2D eigenvalue weighted by atomic mass is 10.3. The normalized spacial score (nSPS) is 10.8. The van der Waals surface area contributed by atoms with Gasteiger partial charge in [0.1, 0.15) is 17.2 Å². The Kier molecular flexibility index (Phi) is 4.82. The van der Waals surface area contributed by atoms with Crippen LogP contribution < -0.4 is 4.74 Å². The monoisotopic (exact) mass is 358 g/mol. The highest BCUT2D eigenvalue weighted by Gasteiger charge is 2.15. The predicted molar refractivity (Wildman–Crippen MR) is 80.6 cm³/mol. The van der Waals surface area contributed by atoms with Crippen LogP contribution in [0.25, 0.3) is 0 Å². The highest BCUT2D eigenvalue weighted by atomic mass is 79.9. The molecule has 0 aromatic carbocycles. The van der Waals surface area contributed by atoms with Crippen molar-refractivity contribution in [2.24, 2.45) is 0 Å². The Morgan fingerprint density at radius 3 is 2.85 bits per heavy atom. The molecule has 0 bridgehead atoms. The second-order valence-electron chi connectivity index (χ2n) is 4.12. The molecule has 0 aliphatic heterocycles. The maximum Gasteiger partial charge on any atom is 0.346 e. The fourth-order valence-corrected chi connectivity index (χ4v) is 3.16. The molecular formula is C13H15BrN2O3S. The molecule has 20 heavy (non-hydrogen) atoms. The maximum absolute atomic E-state index is 10.8.